The van der Waals surface area contributed by atoms with E-state index in [1.54, 1.807) is 0 Å². The summed E-state index contributed by atoms with van der Waals surface area (Å²) in [6, 6.07) is 8.40. The number of nitrogens with one attached hydrogen (secondary N) is 1. The SMILES string of the molecule is CCNC(=NCc1ccc(N2CCOC(C)C2)nc1)N(C)Cc1cccn1C.I. The van der Waals surface area contributed by atoms with E-state index in [0.717, 1.165) is 50.1 Å². The molecule has 1 atom stereocenters. The molecule has 8 heteroatoms. The van der Waals surface area contributed by atoms with Gasteiger partial charge in [0, 0.05) is 51.8 Å². The first-order valence-corrected chi connectivity index (χ1v) is 9.98. The van der Waals surface area contributed by atoms with Gasteiger partial charge in [0.05, 0.1) is 25.8 Å². The Hall–Kier alpha value is -1.81. The normalized spacial score (nSPS) is 17.0. The van der Waals surface area contributed by atoms with Crippen LogP contribution in [0.4, 0.5) is 5.82 Å². The van der Waals surface area contributed by atoms with Crippen molar-refractivity contribution in [3.05, 3.63) is 47.9 Å². The number of ether oxygens (including phenoxy) is 1. The van der Waals surface area contributed by atoms with Crippen LogP contribution in [0.1, 0.15) is 25.1 Å². The van der Waals surface area contributed by atoms with Gasteiger partial charge in [-0.05, 0) is 37.6 Å². The van der Waals surface area contributed by atoms with Crippen molar-refractivity contribution in [1.29, 1.82) is 0 Å². The number of rotatable bonds is 6. The summed E-state index contributed by atoms with van der Waals surface area (Å²) in [5.41, 5.74) is 2.35. The molecule has 1 aliphatic heterocycles. The number of guanidine groups is 1. The third kappa shape index (κ3) is 6.60. The fourth-order valence-electron chi connectivity index (χ4n) is 3.34. The van der Waals surface area contributed by atoms with Gasteiger partial charge in [-0.15, -0.1) is 24.0 Å². The molecule has 7 nitrogen and oxygen atoms in total. The number of anilines is 1. The number of pyridine rings is 1. The van der Waals surface area contributed by atoms with Gasteiger partial charge in [0.2, 0.25) is 0 Å². The molecule has 0 radical (unpaired) electrons. The second-order valence-electron chi connectivity index (χ2n) is 7.29. The second-order valence-corrected chi connectivity index (χ2v) is 7.29. The van der Waals surface area contributed by atoms with Crippen LogP contribution in [0.25, 0.3) is 0 Å². The van der Waals surface area contributed by atoms with E-state index in [2.05, 4.69) is 83.1 Å². The Labute approximate surface area is 191 Å². The number of aliphatic imine (C=N–C) groups is 1. The molecule has 29 heavy (non-hydrogen) atoms. The Morgan fingerprint density at radius 2 is 2.21 bits per heavy atom. The van der Waals surface area contributed by atoms with Gasteiger partial charge >= 0.3 is 0 Å². The lowest BCUT2D eigenvalue weighted by molar-refractivity contribution is 0.0529. The first-order valence-electron chi connectivity index (χ1n) is 9.98. The maximum absolute atomic E-state index is 5.61. The minimum Gasteiger partial charge on any atom is -0.375 e. The summed E-state index contributed by atoms with van der Waals surface area (Å²) >= 11 is 0. The van der Waals surface area contributed by atoms with Crippen molar-refractivity contribution < 1.29 is 4.74 Å². The Kier molecular flexibility index (Phi) is 9.22. The highest BCUT2D eigenvalue weighted by atomic mass is 127. The van der Waals surface area contributed by atoms with Gasteiger partial charge in [-0.3, -0.25) is 0 Å². The molecular weight excluding hydrogens is 479 g/mol. The highest BCUT2D eigenvalue weighted by Gasteiger charge is 2.17. The zero-order valence-electron chi connectivity index (χ0n) is 17.8. The molecule has 160 valence electrons. The molecule has 3 heterocycles. The highest BCUT2D eigenvalue weighted by Crippen LogP contribution is 2.16. The second kappa shape index (κ2) is 11.4. The fraction of sp³-hybridized carbons (Fsp3) is 0.524. The maximum atomic E-state index is 5.61. The van der Waals surface area contributed by atoms with Gasteiger partial charge in [0.1, 0.15) is 5.82 Å². The van der Waals surface area contributed by atoms with Crippen molar-refractivity contribution >= 4 is 35.8 Å². The zero-order valence-corrected chi connectivity index (χ0v) is 20.2. The minimum atomic E-state index is 0. The number of hydrogen-bond acceptors (Lipinski definition) is 4. The smallest absolute Gasteiger partial charge is 0.194 e. The van der Waals surface area contributed by atoms with Gasteiger partial charge in [-0.25, -0.2) is 9.98 Å². The molecule has 0 aliphatic carbocycles. The van der Waals surface area contributed by atoms with E-state index in [9.17, 15) is 0 Å². The van der Waals surface area contributed by atoms with Gasteiger partial charge in [0.15, 0.2) is 5.96 Å². The highest BCUT2D eigenvalue weighted by molar-refractivity contribution is 14.0. The van der Waals surface area contributed by atoms with Crippen molar-refractivity contribution in [2.45, 2.75) is 33.0 Å². The van der Waals surface area contributed by atoms with Crippen molar-refractivity contribution in [3.8, 4) is 0 Å². The van der Waals surface area contributed by atoms with Crippen LogP contribution in [0.5, 0.6) is 0 Å². The monoisotopic (exact) mass is 512 g/mol. The first kappa shape index (κ1) is 23.5. The van der Waals surface area contributed by atoms with Crippen molar-refractivity contribution in [3.63, 3.8) is 0 Å². The molecule has 2 aromatic rings. The molecule has 1 saturated heterocycles. The van der Waals surface area contributed by atoms with E-state index >= 15 is 0 Å². The summed E-state index contributed by atoms with van der Waals surface area (Å²) in [4.78, 5) is 13.9. The van der Waals surface area contributed by atoms with E-state index in [1.807, 2.05) is 6.20 Å². The Balaban J connectivity index is 0.00000300. The van der Waals surface area contributed by atoms with Gasteiger partial charge in [-0.1, -0.05) is 6.07 Å². The zero-order chi connectivity index (χ0) is 19.9. The Bertz CT molecular complexity index is 776. The molecule has 1 fully saturated rings. The summed E-state index contributed by atoms with van der Waals surface area (Å²) in [5, 5.41) is 3.38. The fourth-order valence-corrected chi connectivity index (χ4v) is 3.34. The summed E-state index contributed by atoms with van der Waals surface area (Å²) in [6.07, 6.45) is 4.25. The summed E-state index contributed by atoms with van der Waals surface area (Å²) < 4.78 is 7.74. The topological polar surface area (TPSA) is 57.9 Å². The van der Waals surface area contributed by atoms with E-state index in [0.29, 0.717) is 6.54 Å². The summed E-state index contributed by atoms with van der Waals surface area (Å²) in [5.74, 6) is 1.91. The lowest BCUT2D eigenvalue weighted by atomic mass is 10.2. The van der Waals surface area contributed by atoms with E-state index < -0.39 is 0 Å². The standard InChI is InChI=1S/C21H32N6O.HI/c1-5-22-21(26(4)16-19-7-6-10-25(19)3)24-14-18-8-9-20(23-13-18)27-11-12-28-17(2)15-27;/h6-10,13,17H,5,11-12,14-16H2,1-4H3,(H,22,24);1H. The molecule has 0 aromatic carbocycles. The lowest BCUT2D eigenvalue weighted by Gasteiger charge is -2.32. The minimum absolute atomic E-state index is 0. The van der Waals surface area contributed by atoms with Crippen LogP contribution in [-0.4, -0.2) is 59.8 Å². The van der Waals surface area contributed by atoms with Crippen LogP contribution >= 0.6 is 24.0 Å². The number of hydrogen-bond donors (Lipinski definition) is 1. The number of halogens is 1. The number of aryl methyl sites for hydroxylation is 1. The molecule has 1 aliphatic rings. The molecular formula is C21H33IN6O. The molecule has 3 rings (SSSR count). The number of aromatic nitrogens is 2. The predicted octanol–water partition coefficient (Wildman–Crippen LogP) is 2.86. The van der Waals surface area contributed by atoms with E-state index in [1.165, 1.54) is 5.69 Å². The maximum Gasteiger partial charge on any atom is 0.194 e. The molecule has 0 spiro atoms. The lowest BCUT2D eigenvalue weighted by Crippen LogP contribution is -2.41. The summed E-state index contributed by atoms with van der Waals surface area (Å²) in [6.45, 7) is 8.98. The summed E-state index contributed by atoms with van der Waals surface area (Å²) in [7, 11) is 4.13. The van der Waals surface area contributed by atoms with Crippen LogP contribution in [0.2, 0.25) is 0 Å². The molecule has 1 N–H and O–H groups in total. The van der Waals surface area contributed by atoms with E-state index in [4.69, 9.17) is 9.73 Å². The molecule has 1 unspecified atom stereocenters. The molecule has 2 aromatic heterocycles. The van der Waals surface area contributed by atoms with Crippen LogP contribution in [0.15, 0.2) is 41.7 Å². The first-order chi connectivity index (χ1) is 13.6. The predicted molar refractivity (Wildman–Crippen MR) is 129 cm³/mol. The van der Waals surface area contributed by atoms with Crippen LogP contribution in [-0.2, 0) is 24.9 Å². The van der Waals surface area contributed by atoms with Crippen molar-refractivity contribution in [1.82, 2.24) is 19.8 Å². The Morgan fingerprint density at radius 3 is 2.83 bits per heavy atom. The molecule has 0 saturated carbocycles. The van der Waals surface area contributed by atoms with Crippen molar-refractivity contribution in [2.75, 3.05) is 38.2 Å². The molecule has 0 bridgehead atoms. The third-order valence-corrected chi connectivity index (χ3v) is 4.93. The number of nitrogens with zero attached hydrogens (tertiary/aromatic N) is 5. The molecule has 0 amide bonds. The van der Waals surface area contributed by atoms with Crippen molar-refractivity contribution in [2.24, 2.45) is 12.0 Å². The van der Waals surface area contributed by atoms with Gasteiger partial charge in [0.25, 0.3) is 0 Å². The van der Waals surface area contributed by atoms with Crippen LogP contribution in [0, 0.1) is 0 Å². The van der Waals surface area contributed by atoms with Crippen LogP contribution in [0.3, 0.4) is 0 Å². The quantitative estimate of drug-likeness (QED) is 0.367. The third-order valence-electron chi connectivity index (χ3n) is 4.93. The average Bonchev–Trinajstić information content (AvgIpc) is 3.10. The largest absolute Gasteiger partial charge is 0.375 e. The van der Waals surface area contributed by atoms with Gasteiger partial charge < -0.3 is 24.4 Å². The van der Waals surface area contributed by atoms with Gasteiger partial charge in [-0.2, -0.15) is 0 Å². The Morgan fingerprint density at radius 1 is 1.38 bits per heavy atom. The van der Waals surface area contributed by atoms with E-state index in [-0.39, 0.29) is 30.1 Å². The van der Waals surface area contributed by atoms with Crippen LogP contribution < -0.4 is 10.2 Å². The number of morpholine rings is 1. The average molecular weight is 512 g/mol.